The number of nitro benzene ring substituents is 1. The van der Waals surface area contributed by atoms with Crippen LogP contribution < -0.4 is 16.0 Å². The van der Waals surface area contributed by atoms with Gasteiger partial charge in [-0.05, 0) is 6.07 Å². The summed E-state index contributed by atoms with van der Waals surface area (Å²) in [5, 5.41) is 13.1. The molecule has 1 heterocycles. The molecule has 1 aliphatic heterocycles. The van der Waals surface area contributed by atoms with E-state index < -0.39 is 16.9 Å². The lowest BCUT2D eigenvalue weighted by Gasteiger charge is -2.16. The number of carbonyl (C=O) groups excluding carboxylic acids is 2. The van der Waals surface area contributed by atoms with E-state index in [0.29, 0.717) is 11.3 Å². The summed E-state index contributed by atoms with van der Waals surface area (Å²) >= 11 is 0. The molecule has 1 atom stereocenters. The number of nitro groups is 1. The minimum Gasteiger partial charge on any atom is -0.358 e. The van der Waals surface area contributed by atoms with E-state index >= 15 is 0 Å². The Hall–Kier alpha value is -2.48. The van der Waals surface area contributed by atoms with Crippen LogP contribution >= 0.6 is 0 Å². The summed E-state index contributed by atoms with van der Waals surface area (Å²) in [5.74, 6) is -0.786. The van der Waals surface area contributed by atoms with E-state index in [1.165, 1.54) is 30.1 Å². The van der Waals surface area contributed by atoms with Crippen molar-refractivity contribution in [3.63, 3.8) is 0 Å². The molecule has 8 heteroatoms. The molecule has 2 rings (SSSR count). The molecule has 1 aromatic rings. The molecule has 1 aliphatic rings. The largest absolute Gasteiger partial charge is 0.358 e. The molecule has 1 unspecified atom stereocenters. The molecule has 0 saturated carbocycles. The average Bonchev–Trinajstić information content (AvgIpc) is 2.63. The normalized spacial score (nSPS) is 17.3. The molecule has 3 N–H and O–H groups in total. The van der Waals surface area contributed by atoms with Crippen molar-refractivity contribution in [2.75, 3.05) is 18.5 Å². The van der Waals surface area contributed by atoms with E-state index in [-0.39, 0.29) is 18.1 Å². The first kappa shape index (κ1) is 13.0. The van der Waals surface area contributed by atoms with Gasteiger partial charge in [0.2, 0.25) is 11.8 Å². The SMILES string of the molecule is CNC(=O)CN1C(=O)C(N)c2cc([N+](=O)[O-])ccc21. The van der Waals surface area contributed by atoms with Gasteiger partial charge in [0.1, 0.15) is 12.6 Å². The first-order valence-electron chi connectivity index (χ1n) is 5.51. The fourth-order valence-corrected chi connectivity index (χ4v) is 1.96. The summed E-state index contributed by atoms with van der Waals surface area (Å²) in [5.41, 5.74) is 6.39. The van der Waals surface area contributed by atoms with Gasteiger partial charge >= 0.3 is 0 Å². The number of nitrogens with one attached hydrogen (secondary N) is 1. The lowest BCUT2D eigenvalue weighted by molar-refractivity contribution is -0.384. The zero-order valence-electron chi connectivity index (χ0n) is 10.1. The van der Waals surface area contributed by atoms with Gasteiger partial charge in [0.15, 0.2) is 0 Å². The summed E-state index contributed by atoms with van der Waals surface area (Å²) in [6.07, 6.45) is 0. The van der Waals surface area contributed by atoms with Crippen LogP contribution in [0.5, 0.6) is 0 Å². The molecule has 100 valence electrons. The van der Waals surface area contributed by atoms with Crippen LogP contribution in [0.1, 0.15) is 11.6 Å². The van der Waals surface area contributed by atoms with Gasteiger partial charge in [0.25, 0.3) is 5.69 Å². The number of hydrogen-bond donors (Lipinski definition) is 2. The molecular weight excluding hydrogens is 252 g/mol. The molecule has 0 radical (unpaired) electrons. The second kappa shape index (κ2) is 4.65. The number of anilines is 1. The summed E-state index contributed by atoms with van der Waals surface area (Å²) in [6, 6.07) is 3.00. The highest BCUT2D eigenvalue weighted by molar-refractivity contribution is 6.07. The molecule has 0 aromatic heterocycles. The molecule has 19 heavy (non-hydrogen) atoms. The van der Waals surface area contributed by atoms with Crippen LogP contribution in [-0.2, 0) is 9.59 Å². The lowest BCUT2D eigenvalue weighted by atomic mass is 10.1. The van der Waals surface area contributed by atoms with Crippen LogP contribution in [0, 0.1) is 10.1 Å². The highest BCUT2D eigenvalue weighted by atomic mass is 16.6. The summed E-state index contributed by atoms with van der Waals surface area (Å²) < 4.78 is 0. The number of non-ortho nitro benzene ring substituents is 1. The van der Waals surface area contributed by atoms with Crippen molar-refractivity contribution >= 4 is 23.2 Å². The molecule has 2 amide bonds. The average molecular weight is 264 g/mol. The Kier molecular flexibility index (Phi) is 3.17. The second-order valence-corrected chi connectivity index (χ2v) is 4.08. The van der Waals surface area contributed by atoms with Crippen molar-refractivity contribution in [2.45, 2.75) is 6.04 Å². The second-order valence-electron chi connectivity index (χ2n) is 4.08. The molecule has 0 saturated heterocycles. The Balaban J connectivity index is 2.41. The minimum absolute atomic E-state index is 0.135. The van der Waals surface area contributed by atoms with Crippen molar-refractivity contribution in [1.82, 2.24) is 5.32 Å². The van der Waals surface area contributed by atoms with Crippen molar-refractivity contribution in [1.29, 1.82) is 0 Å². The van der Waals surface area contributed by atoms with E-state index in [4.69, 9.17) is 5.73 Å². The van der Waals surface area contributed by atoms with E-state index in [0.717, 1.165) is 0 Å². The lowest BCUT2D eigenvalue weighted by Crippen LogP contribution is -2.39. The number of rotatable bonds is 3. The monoisotopic (exact) mass is 264 g/mol. The van der Waals surface area contributed by atoms with Gasteiger partial charge in [0.05, 0.1) is 10.6 Å². The molecule has 0 aliphatic carbocycles. The number of hydrogen-bond acceptors (Lipinski definition) is 5. The number of nitrogens with two attached hydrogens (primary N) is 1. The zero-order valence-corrected chi connectivity index (χ0v) is 10.1. The van der Waals surface area contributed by atoms with Crippen molar-refractivity contribution in [3.05, 3.63) is 33.9 Å². The van der Waals surface area contributed by atoms with E-state index in [9.17, 15) is 19.7 Å². The summed E-state index contributed by atoms with van der Waals surface area (Å²) in [6.45, 7) is -0.159. The summed E-state index contributed by atoms with van der Waals surface area (Å²) in [7, 11) is 1.46. The number of benzene rings is 1. The molecule has 8 nitrogen and oxygen atoms in total. The van der Waals surface area contributed by atoms with Crippen LogP contribution in [0.3, 0.4) is 0 Å². The zero-order chi connectivity index (χ0) is 14.2. The highest BCUT2D eigenvalue weighted by Crippen LogP contribution is 2.36. The van der Waals surface area contributed by atoms with Gasteiger partial charge in [-0.15, -0.1) is 0 Å². The third-order valence-electron chi connectivity index (χ3n) is 2.96. The highest BCUT2D eigenvalue weighted by Gasteiger charge is 2.36. The van der Waals surface area contributed by atoms with Crippen LogP contribution in [0.4, 0.5) is 11.4 Å². The smallest absolute Gasteiger partial charge is 0.269 e. The molecule has 0 bridgehead atoms. The van der Waals surface area contributed by atoms with Gasteiger partial charge in [-0.1, -0.05) is 0 Å². The first-order valence-corrected chi connectivity index (χ1v) is 5.51. The van der Waals surface area contributed by atoms with Gasteiger partial charge < -0.3 is 16.0 Å². The molecule has 0 spiro atoms. The number of fused-ring (bicyclic) bond motifs is 1. The quantitative estimate of drug-likeness (QED) is 0.573. The predicted octanol–water partition coefficient (Wildman–Crippen LogP) is -0.313. The van der Waals surface area contributed by atoms with Crippen LogP contribution in [0.25, 0.3) is 0 Å². The van der Waals surface area contributed by atoms with Crippen molar-refractivity contribution in [3.8, 4) is 0 Å². The maximum atomic E-state index is 11.9. The van der Waals surface area contributed by atoms with Crippen LogP contribution in [0.15, 0.2) is 18.2 Å². The fourth-order valence-electron chi connectivity index (χ4n) is 1.96. The van der Waals surface area contributed by atoms with Crippen LogP contribution in [-0.4, -0.2) is 30.3 Å². The van der Waals surface area contributed by atoms with E-state index in [2.05, 4.69) is 5.32 Å². The Bertz CT molecular complexity index is 572. The Labute approximate surface area is 108 Å². The summed E-state index contributed by atoms with van der Waals surface area (Å²) in [4.78, 5) is 34.7. The van der Waals surface area contributed by atoms with E-state index in [1.54, 1.807) is 0 Å². The van der Waals surface area contributed by atoms with Gasteiger partial charge in [0, 0.05) is 24.7 Å². The predicted molar refractivity (Wildman–Crippen MR) is 66.4 cm³/mol. The topological polar surface area (TPSA) is 119 Å². The van der Waals surface area contributed by atoms with Crippen molar-refractivity contribution < 1.29 is 14.5 Å². The van der Waals surface area contributed by atoms with Gasteiger partial charge in [-0.25, -0.2) is 0 Å². The molecule has 1 aromatic carbocycles. The number of likely N-dealkylation sites (N-methyl/N-ethyl adjacent to an activating group) is 1. The minimum atomic E-state index is -0.973. The molecular formula is C11H12N4O4. The number of nitrogens with zero attached hydrogens (tertiary/aromatic N) is 2. The number of carbonyl (C=O) groups is 2. The van der Waals surface area contributed by atoms with Gasteiger partial charge in [-0.2, -0.15) is 0 Å². The maximum Gasteiger partial charge on any atom is 0.269 e. The Morgan fingerprint density at radius 2 is 2.26 bits per heavy atom. The van der Waals surface area contributed by atoms with Crippen LogP contribution in [0.2, 0.25) is 0 Å². The third kappa shape index (κ3) is 2.13. The molecule has 0 fully saturated rings. The number of amides is 2. The maximum absolute atomic E-state index is 11.9. The fraction of sp³-hybridized carbons (Fsp3) is 0.273. The van der Waals surface area contributed by atoms with Gasteiger partial charge in [-0.3, -0.25) is 19.7 Å². The third-order valence-corrected chi connectivity index (χ3v) is 2.96. The van der Waals surface area contributed by atoms with Crippen molar-refractivity contribution in [2.24, 2.45) is 5.73 Å². The Morgan fingerprint density at radius 3 is 2.84 bits per heavy atom. The standard InChI is InChI=1S/C11H12N4O4/c1-13-9(16)5-14-8-3-2-6(15(18)19)4-7(8)10(12)11(14)17/h2-4,10H,5,12H2,1H3,(H,13,16). The first-order chi connectivity index (χ1) is 8.95. The Morgan fingerprint density at radius 1 is 1.58 bits per heavy atom. The van der Waals surface area contributed by atoms with E-state index in [1.807, 2.05) is 0 Å².